The molecule has 0 radical (unpaired) electrons. The first kappa shape index (κ1) is 22.4. The number of anilines is 1. The average Bonchev–Trinajstić information content (AvgIpc) is 2.89. The Morgan fingerprint density at radius 2 is 1.75 bits per heavy atom. The number of carbonyl (C=O) groups is 1. The normalized spacial score (nSPS) is 16.1. The van der Waals surface area contributed by atoms with Gasteiger partial charge in [-0.05, 0) is 81.0 Å². The van der Waals surface area contributed by atoms with Gasteiger partial charge in [-0.25, -0.2) is 13.6 Å². The molecule has 5 nitrogen and oxygen atoms in total. The van der Waals surface area contributed by atoms with Crippen molar-refractivity contribution in [3.8, 4) is 5.75 Å². The molecular formula is C25H30F2N2O3. The number of nitrogens with zero attached hydrogens (tertiary/aromatic N) is 2. The lowest BCUT2D eigenvalue weighted by atomic mass is 9.94. The van der Waals surface area contributed by atoms with Gasteiger partial charge in [0, 0.05) is 25.7 Å². The number of hydrogen-bond acceptors (Lipinski definition) is 4. The molecule has 32 heavy (non-hydrogen) atoms. The fourth-order valence-electron chi connectivity index (χ4n) is 4.54. The van der Waals surface area contributed by atoms with Crippen LogP contribution in [-0.2, 0) is 24.1 Å². The van der Waals surface area contributed by atoms with E-state index in [-0.39, 0.29) is 6.09 Å². The third kappa shape index (κ3) is 4.81. The summed E-state index contributed by atoms with van der Waals surface area (Å²) in [6, 6.07) is 5.69. The Hall–Kier alpha value is -2.83. The van der Waals surface area contributed by atoms with Crippen LogP contribution in [0, 0.1) is 18.6 Å². The van der Waals surface area contributed by atoms with Gasteiger partial charge in [-0.2, -0.15) is 0 Å². The van der Waals surface area contributed by atoms with Crippen LogP contribution in [0.15, 0.2) is 24.3 Å². The molecule has 172 valence electrons. The van der Waals surface area contributed by atoms with Crippen LogP contribution in [-0.4, -0.2) is 42.8 Å². The van der Waals surface area contributed by atoms with E-state index in [0.29, 0.717) is 38.3 Å². The van der Waals surface area contributed by atoms with Crippen LogP contribution in [0.3, 0.4) is 0 Å². The van der Waals surface area contributed by atoms with Gasteiger partial charge in [0.25, 0.3) is 0 Å². The zero-order valence-electron chi connectivity index (χ0n) is 19.1. The van der Waals surface area contributed by atoms with E-state index in [1.165, 1.54) is 23.3 Å². The quantitative estimate of drug-likeness (QED) is 0.653. The fourth-order valence-corrected chi connectivity index (χ4v) is 4.54. The van der Waals surface area contributed by atoms with Crippen LogP contribution in [0.2, 0.25) is 0 Å². The minimum absolute atomic E-state index is 0.293. The van der Waals surface area contributed by atoms with Crippen LogP contribution >= 0.6 is 0 Å². The van der Waals surface area contributed by atoms with Crippen LogP contribution in [0.4, 0.5) is 19.3 Å². The van der Waals surface area contributed by atoms with E-state index >= 15 is 0 Å². The highest BCUT2D eigenvalue weighted by Crippen LogP contribution is 2.40. The summed E-state index contributed by atoms with van der Waals surface area (Å²) in [5.41, 5.74) is 4.49. The minimum Gasteiger partial charge on any atom is -0.490 e. The van der Waals surface area contributed by atoms with Gasteiger partial charge in [0.05, 0.1) is 12.2 Å². The average molecular weight is 445 g/mol. The van der Waals surface area contributed by atoms with E-state index in [0.717, 1.165) is 35.9 Å². The summed E-state index contributed by atoms with van der Waals surface area (Å²) >= 11 is 0. The molecule has 0 saturated carbocycles. The molecule has 0 N–H and O–H groups in total. The van der Waals surface area contributed by atoms with Crippen LogP contribution in [0.5, 0.6) is 5.75 Å². The van der Waals surface area contributed by atoms with E-state index in [2.05, 4.69) is 17.9 Å². The number of halogens is 2. The maximum atomic E-state index is 13.7. The Labute approximate surface area is 187 Å². The molecule has 2 aromatic rings. The van der Waals surface area contributed by atoms with Crippen molar-refractivity contribution in [2.24, 2.45) is 0 Å². The molecule has 0 saturated heterocycles. The predicted octanol–water partition coefficient (Wildman–Crippen LogP) is 5.01. The first-order chi connectivity index (χ1) is 15.1. The monoisotopic (exact) mass is 444 g/mol. The molecule has 1 amide bonds. The Morgan fingerprint density at radius 3 is 2.44 bits per heavy atom. The number of amides is 1. The SMILES string of the molecule is Cc1c2c(cc3c1N(Cc1cc(F)cc(F)c1)CCO3)CCN(C(=O)OC(C)(C)C)CC2. The van der Waals surface area contributed by atoms with Gasteiger partial charge in [0.2, 0.25) is 0 Å². The summed E-state index contributed by atoms with van der Waals surface area (Å²) in [5, 5.41) is 0. The van der Waals surface area contributed by atoms with Crippen molar-refractivity contribution in [1.82, 2.24) is 4.90 Å². The highest BCUT2D eigenvalue weighted by Gasteiger charge is 2.29. The van der Waals surface area contributed by atoms with Crippen molar-refractivity contribution >= 4 is 11.8 Å². The summed E-state index contributed by atoms with van der Waals surface area (Å²) in [5.74, 6) is -0.362. The van der Waals surface area contributed by atoms with Gasteiger partial charge in [0.1, 0.15) is 29.6 Å². The van der Waals surface area contributed by atoms with E-state index < -0.39 is 17.2 Å². The van der Waals surface area contributed by atoms with Crippen LogP contribution in [0.1, 0.15) is 43.0 Å². The molecule has 0 fully saturated rings. The zero-order chi connectivity index (χ0) is 23.0. The van der Waals surface area contributed by atoms with Crippen molar-refractivity contribution in [3.05, 3.63) is 58.2 Å². The van der Waals surface area contributed by atoms with Gasteiger partial charge in [-0.1, -0.05) is 0 Å². The van der Waals surface area contributed by atoms with Gasteiger partial charge in [-0.15, -0.1) is 0 Å². The number of rotatable bonds is 2. The second kappa shape index (κ2) is 8.60. The summed E-state index contributed by atoms with van der Waals surface area (Å²) < 4.78 is 38.9. The maximum Gasteiger partial charge on any atom is 0.410 e. The van der Waals surface area contributed by atoms with Crippen molar-refractivity contribution < 1.29 is 23.0 Å². The summed E-state index contributed by atoms with van der Waals surface area (Å²) in [7, 11) is 0. The Morgan fingerprint density at radius 1 is 1.06 bits per heavy atom. The van der Waals surface area contributed by atoms with Crippen LogP contribution in [0.25, 0.3) is 0 Å². The van der Waals surface area contributed by atoms with E-state index in [1.54, 1.807) is 4.90 Å². The number of benzene rings is 2. The second-order valence-corrected chi connectivity index (χ2v) is 9.50. The maximum absolute atomic E-state index is 13.7. The lowest BCUT2D eigenvalue weighted by molar-refractivity contribution is 0.0258. The van der Waals surface area contributed by atoms with Crippen molar-refractivity contribution in [3.63, 3.8) is 0 Å². The Balaban J connectivity index is 1.60. The van der Waals surface area contributed by atoms with Gasteiger partial charge in [-0.3, -0.25) is 0 Å². The second-order valence-electron chi connectivity index (χ2n) is 9.50. The molecule has 7 heteroatoms. The summed E-state index contributed by atoms with van der Waals surface area (Å²) in [6.45, 7) is 10.4. The van der Waals surface area contributed by atoms with Gasteiger partial charge < -0.3 is 19.3 Å². The highest BCUT2D eigenvalue weighted by atomic mass is 19.1. The first-order valence-corrected chi connectivity index (χ1v) is 11.1. The highest BCUT2D eigenvalue weighted by molar-refractivity contribution is 5.71. The lowest BCUT2D eigenvalue weighted by Gasteiger charge is -2.34. The molecule has 2 aromatic carbocycles. The molecule has 4 rings (SSSR count). The minimum atomic E-state index is -0.575. The third-order valence-electron chi connectivity index (χ3n) is 5.90. The van der Waals surface area contributed by atoms with Crippen molar-refractivity contribution in [2.45, 2.75) is 52.7 Å². The summed E-state index contributed by atoms with van der Waals surface area (Å²) in [4.78, 5) is 16.5. The topological polar surface area (TPSA) is 42.0 Å². The van der Waals surface area contributed by atoms with Crippen LogP contribution < -0.4 is 9.64 Å². The molecule has 2 heterocycles. The zero-order valence-corrected chi connectivity index (χ0v) is 19.1. The molecule has 0 aromatic heterocycles. The van der Waals surface area contributed by atoms with E-state index in [4.69, 9.17) is 9.47 Å². The standard InChI is InChI=1S/C25H30F2N2O3/c1-16-21-6-8-28(24(30)32-25(2,3)4)7-5-18(21)13-22-23(16)29(9-10-31-22)15-17-11-19(26)14-20(27)12-17/h11-14H,5-10,15H2,1-4H3. The van der Waals surface area contributed by atoms with Gasteiger partial charge >= 0.3 is 6.09 Å². The molecule has 0 aliphatic carbocycles. The smallest absolute Gasteiger partial charge is 0.410 e. The number of ether oxygens (including phenoxy) is 2. The largest absolute Gasteiger partial charge is 0.490 e. The number of hydrogen-bond donors (Lipinski definition) is 0. The molecule has 2 aliphatic rings. The Bertz CT molecular complexity index is 1010. The fraction of sp³-hybridized carbons (Fsp3) is 0.480. The summed E-state index contributed by atoms with van der Waals surface area (Å²) in [6.07, 6.45) is 1.15. The molecule has 2 aliphatic heterocycles. The Kier molecular flexibility index (Phi) is 6.01. The molecule has 0 bridgehead atoms. The van der Waals surface area contributed by atoms with Crippen molar-refractivity contribution in [1.29, 1.82) is 0 Å². The van der Waals surface area contributed by atoms with E-state index in [1.807, 2.05) is 20.8 Å². The van der Waals surface area contributed by atoms with Crippen molar-refractivity contribution in [2.75, 3.05) is 31.1 Å². The first-order valence-electron chi connectivity index (χ1n) is 11.1. The molecular weight excluding hydrogens is 414 g/mol. The number of carbonyl (C=O) groups excluding carboxylic acids is 1. The molecule has 0 spiro atoms. The lowest BCUT2D eigenvalue weighted by Crippen LogP contribution is -2.38. The van der Waals surface area contributed by atoms with E-state index in [9.17, 15) is 13.6 Å². The predicted molar refractivity (Wildman–Crippen MR) is 119 cm³/mol. The number of fused-ring (bicyclic) bond motifs is 2. The molecule has 0 atom stereocenters. The van der Waals surface area contributed by atoms with Gasteiger partial charge in [0.15, 0.2) is 0 Å². The third-order valence-corrected chi connectivity index (χ3v) is 5.90. The molecule has 0 unspecified atom stereocenters.